The molecule has 0 radical (unpaired) electrons. The van der Waals surface area contributed by atoms with Gasteiger partial charge in [-0.2, -0.15) is 5.26 Å². The lowest BCUT2D eigenvalue weighted by atomic mass is 10.0. The van der Waals surface area contributed by atoms with Crippen molar-refractivity contribution in [2.45, 2.75) is 42.2 Å². The van der Waals surface area contributed by atoms with Crippen molar-refractivity contribution in [1.82, 2.24) is 10.2 Å². The normalized spacial score (nSPS) is 18.7. The van der Waals surface area contributed by atoms with Crippen LogP contribution in [0.25, 0.3) is 0 Å². The van der Waals surface area contributed by atoms with E-state index in [4.69, 9.17) is 10.00 Å². The molecule has 8 nitrogen and oxygen atoms in total. The van der Waals surface area contributed by atoms with Crippen LogP contribution in [0, 0.1) is 17.1 Å². The molecule has 0 saturated carbocycles. The van der Waals surface area contributed by atoms with Crippen molar-refractivity contribution < 1.29 is 23.5 Å². The van der Waals surface area contributed by atoms with Gasteiger partial charge in [0.2, 0.25) is 11.8 Å². The summed E-state index contributed by atoms with van der Waals surface area (Å²) in [6, 6.07) is 19.3. The summed E-state index contributed by atoms with van der Waals surface area (Å²) < 4.78 is 20.4. The molecule has 2 saturated heterocycles. The summed E-state index contributed by atoms with van der Waals surface area (Å²) in [5.74, 6) is -0.749. The van der Waals surface area contributed by atoms with Crippen LogP contribution in [-0.2, 0) is 22.7 Å². The molecule has 0 spiro atoms. The van der Waals surface area contributed by atoms with E-state index in [0.717, 1.165) is 29.1 Å². The van der Waals surface area contributed by atoms with Gasteiger partial charge in [0, 0.05) is 40.8 Å². The van der Waals surface area contributed by atoms with E-state index in [1.54, 1.807) is 36.0 Å². The smallest absolute Gasteiger partial charge is 0.255 e. The van der Waals surface area contributed by atoms with Gasteiger partial charge in [0.1, 0.15) is 24.2 Å². The van der Waals surface area contributed by atoms with Crippen LogP contribution < -0.4 is 15.0 Å². The number of anilines is 1. The minimum Gasteiger partial charge on any atom is -0.489 e. The largest absolute Gasteiger partial charge is 0.489 e. The Balaban J connectivity index is 1.03. The molecule has 1 atom stereocenters. The average molecular weight is 557 g/mol. The molecule has 0 aliphatic carbocycles. The lowest BCUT2D eigenvalue weighted by molar-refractivity contribution is -0.136. The molecule has 202 valence electrons. The monoisotopic (exact) mass is 556 g/mol. The number of hydrogen-bond donors (Lipinski definition) is 1. The number of piperidine rings is 1. The molecular formula is C30H25FN4O4S. The van der Waals surface area contributed by atoms with Crippen LogP contribution in [0.4, 0.5) is 10.1 Å². The first-order valence-electron chi connectivity index (χ1n) is 13.0. The molecule has 0 unspecified atom stereocenters. The van der Waals surface area contributed by atoms with E-state index < -0.39 is 11.9 Å². The molecule has 3 aromatic carbocycles. The minimum absolute atomic E-state index is 0.211. The maximum absolute atomic E-state index is 14.3. The number of carbonyl (C=O) groups excluding carboxylic acids is 3. The van der Waals surface area contributed by atoms with Crippen LogP contribution >= 0.6 is 11.8 Å². The average Bonchev–Trinajstić information content (AvgIpc) is 3.27. The fourth-order valence-electron chi connectivity index (χ4n) is 5.25. The van der Waals surface area contributed by atoms with Crippen LogP contribution in [-0.4, -0.2) is 47.0 Å². The van der Waals surface area contributed by atoms with Gasteiger partial charge >= 0.3 is 0 Å². The SMILES string of the molecule is N#Cc1ccc(N2CC(Sc3ccc(COc4cccc5c4CN([C@H]4CCC(=O)NC4=O)C5=O)cc3)C2)c(F)c1. The molecule has 0 bridgehead atoms. The van der Waals surface area contributed by atoms with Gasteiger partial charge in [-0.25, -0.2) is 4.39 Å². The number of carbonyl (C=O) groups is 3. The van der Waals surface area contributed by atoms with Crippen molar-refractivity contribution in [3.63, 3.8) is 0 Å². The minimum atomic E-state index is -0.665. The number of nitrogens with one attached hydrogen (secondary N) is 1. The molecule has 3 amide bonds. The van der Waals surface area contributed by atoms with Crippen molar-refractivity contribution in [2.24, 2.45) is 0 Å². The number of nitriles is 1. The number of benzene rings is 3. The van der Waals surface area contributed by atoms with Crippen molar-refractivity contribution in [3.05, 3.63) is 88.7 Å². The quantitative estimate of drug-likeness (QED) is 0.439. The third-order valence-corrected chi connectivity index (χ3v) is 8.60. The highest BCUT2D eigenvalue weighted by Crippen LogP contribution is 2.36. The van der Waals surface area contributed by atoms with Gasteiger partial charge in [0.05, 0.1) is 23.9 Å². The first kappa shape index (κ1) is 25.9. The van der Waals surface area contributed by atoms with Crippen molar-refractivity contribution >= 4 is 35.2 Å². The third-order valence-electron chi connectivity index (χ3n) is 7.43. The Hall–Kier alpha value is -4.36. The van der Waals surface area contributed by atoms with E-state index in [1.807, 2.05) is 41.3 Å². The molecule has 3 aromatic rings. The zero-order valence-corrected chi connectivity index (χ0v) is 22.2. The van der Waals surface area contributed by atoms with Crippen LogP contribution in [0.3, 0.4) is 0 Å². The van der Waals surface area contributed by atoms with Gasteiger partial charge in [0.15, 0.2) is 0 Å². The molecule has 40 heavy (non-hydrogen) atoms. The first-order valence-corrected chi connectivity index (χ1v) is 13.9. The number of nitrogens with zero attached hydrogens (tertiary/aromatic N) is 3. The second kappa shape index (κ2) is 10.7. The summed E-state index contributed by atoms with van der Waals surface area (Å²) in [7, 11) is 0. The number of imide groups is 1. The number of amides is 3. The van der Waals surface area contributed by atoms with E-state index in [-0.39, 0.29) is 30.6 Å². The maximum Gasteiger partial charge on any atom is 0.255 e. The van der Waals surface area contributed by atoms with Crippen molar-refractivity contribution in [1.29, 1.82) is 5.26 Å². The van der Waals surface area contributed by atoms with Crippen LogP contribution in [0.5, 0.6) is 5.75 Å². The molecule has 0 aromatic heterocycles. The zero-order valence-electron chi connectivity index (χ0n) is 21.4. The standard InChI is InChI=1S/C30H25FN4O4S/c31-24-12-19(13-32)6-9-25(24)34-14-21(15-34)40-20-7-4-18(5-8-20)17-39-27-3-1-2-22-23(27)16-35(30(22)38)26-10-11-28(36)33-29(26)37/h1-9,12,21,26H,10-11,14-17H2,(H,33,36,37)/t26-/m0/s1. The molecule has 3 heterocycles. The molecule has 1 N–H and O–H groups in total. The van der Waals surface area contributed by atoms with E-state index in [2.05, 4.69) is 5.32 Å². The summed E-state index contributed by atoms with van der Waals surface area (Å²) in [4.78, 5) is 41.5. The molecule has 3 aliphatic heterocycles. The topological polar surface area (TPSA) is 103 Å². The Bertz CT molecular complexity index is 1550. The van der Waals surface area contributed by atoms with Gasteiger partial charge in [-0.05, 0) is 54.4 Å². The van der Waals surface area contributed by atoms with E-state index in [0.29, 0.717) is 40.8 Å². The van der Waals surface area contributed by atoms with E-state index in [1.165, 1.54) is 11.0 Å². The highest BCUT2D eigenvalue weighted by Gasteiger charge is 2.40. The van der Waals surface area contributed by atoms with Gasteiger partial charge in [-0.1, -0.05) is 18.2 Å². The summed E-state index contributed by atoms with van der Waals surface area (Å²) in [5, 5.41) is 11.6. The van der Waals surface area contributed by atoms with Gasteiger partial charge in [0.25, 0.3) is 5.91 Å². The number of thioether (sulfide) groups is 1. The Kier molecular flexibility index (Phi) is 6.90. The first-order chi connectivity index (χ1) is 19.4. The van der Waals surface area contributed by atoms with Crippen molar-refractivity contribution in [3.8, 4) is 11.8 Å². The predicted octanol–water partition coefficient (Wildman–Crippen LogP) is 4.02. The van der Waals surface area contributed by atoms with Crippen LogP contribution in [0.15, 0.2) is 65.6 Å². The Labute approximate surface area is 234 Å². The van der Waals surface area contributed by atoms with E-state index in [9.17, 15) is 18.8 Å². The van der Waals surface area contributed by atoms with Gasteiger partial charge in [-0.15, -0.1) is 11.8 Å². The predicted molar refractivity (Wildman–Crippen MR) is 146 cm³/mol. The molecular weight excluding hydrogens is 531 g/mol. The number of rotatable bonds is 7. The van der Waals surface area contributed by atoms with Gasteiger partial charge in [-0.3, -0.25) is 19.7 Å². The summed E-state index contributed by atoms with van der Waals surface area (Å²) in [6.45, 7) is 2.04. The van der Waals surface area contributed by atoms with Crippen LogP contribution in [0.1, 0.15) is 39.9 Å². The lowest BCUT2D eigenvalue weighted by Crippen LogP contribution is -2.52. The highest BCUT2D eigenvalue weighted by molar-refractivity contribution is 8.00. The van der Waals surface area contributed by atoms with E-state index >= 15 is 0 Å². The fourth-order valence-corrected chi connectivity index (χ4v) is 6.44. The molecule has 6 rings (SSSR count). The second-order valence-electron chi connectivity index (χ2n) is 10.0. The Morgan fingerprint density at radius 1 is 1.07 bits per heavy atom. The van der Waals surface area contributed by atoms with Crippen molar-refractivity contribution in [2.75, 3.05) is 18.0 Å². The third kappa shape index (κ3) is 5.00. The lowest BCUT2D eigenvalue weighted by Gasteiger charge is -2.40. The number of ether oxygens (including phenoxy) is 1. The number of hydrogen-bond acceptors (Lipinski definition) is 7. The highest BCUT2D eigenvalue weighted by atomic mass is 32.2. The van der Waals surface area contributed by atoms with Gasteiger partial charge < -0.3 is 14.5 Å². The maximum atomic E-state index is 14.3. The molecule has 3 aliphatic rings. The molecule has 2 fully saturated rings. The summed E-state index contributed by atoms with van der Waals surface area (Å²) in [5.41, 5.74) is 3.08. The zero-order chi connectivity index (χ0) is 27.8. The number of halogens is 1. The fraction of sp³-hybridized carbons (Fsp3) is 0.267. The summed E-state index contributed by atoms with van der Waals surface area (Å²) in [6.07, 6.45) is 0.527. The Morgan fingerprint density at radius 3 is 2.60 bits per heavy atom. The molecule has 10 heteroatoms. The Morgan fingerprint density at radius 2 is 1.88 bits per heavy atom. The summed E-state index contributed by atoms with van der Waals surface area (Å²) >= 11 is 1.74. The van der Waals surface area contributed by atoms with Crippen LogP contribution in [0.2, 0.25) is 0 Å². The number of fused-ring (bicyclic) bond motifs is 1. The second-order valence-corrected chi connectivity index (χ2v) is 11.4.